The van der Waals surface area contributed by atoms with Crippen LogP contribution in [0.4, 0.5) is 5.69 Å². The number of anilines is 1. The molecule has 2 N–H and O–H groups in total. The molecule has 0 saturated carbocycles. The first-order valence-corrected chi connectivity index (χ1v) is 4.73. The standard InChI is InChI=1S/C9H9N3S/c1-6-11-12-9(13-6)7-3-2-4-8(10)5-7/h2-5H,10H2,1H3. The molecule has 0 saturated heterocycles. The second-order valence-electron chi connectivity index (χ2n) is 2.75. The Balaban J connectivity index is 2.46. The third kappa shape index (κ3) is 1.67. The first kappa shape index (κ1) is 8.19. The summed E-state index contributed by atoms with van der Waals surface area (Å²) in [5, 5.41) is 9.88. The van der Waals surface area contributed by atoms with Crippen LogP contribution in [0.5, 0.6) is 0 Å². The van der Waals surface area contributed by atoms with Crippen molar-refractivity contribution in [1.82, 2.24) is 10.2 Å². The number of aryl methyl sites for hydroxylation is 1. The van der Waals surface area contributed by atoms with Crippen molar-refractivity contribution in [3.63, 3.8) is 0 Å². The highest BCUT2D eigenvalue weighted by Gasteiger charge is 2.02. The van der Waals surface area contributed by atoms with Crippen molar-refractivity contribution in [1.29, 1.82) is 0 Å². The van der Waals surface area contributed by atoms with Gasteiger partial charge in [-0.15, -0.1) is 10.2 Å². The van der Waals surface area contributed by atoms with Crippen LogP contribution in [0.25, 0.3) is 10.6 Å². The van der Waals surface area contributed by atoms with Gasteiger partial charge in [-0.25, -0.2) is 0 Å². The van der Waals surface area contributed by atoms with E-state index in [1.165, 1.54) is 0 Å². The quantitative estimate of drug-likeness (QED) is 0.702. The van der Waals surface area contributed by atoms with Crippen molar-refractivity contribution in [2.45, 2.75) is 6.92 Å². The SMILES string of the molecule is Cc1nnc(-c2cccc(N)c2)s1. The zero-order valence-corrected chi connectivity index (χ0v) is 8.01. The molecule has 2 rings (SSSR count). The van der Waals surface area contributed by atoms with Crippen molar-refractivity contribution in [3.05, 3.63) is 29.3 Å². The predicted molar refractivity (Wildman–Crippen MR) is 54.5 cm³/mol. The highest BCUT2D eigenvalue weighted by Crippen LogP contribution is 2.24. The zero-order valence-electron chi connectivity index (χ0n) is 7.19. The topological polar surface area (TPSA) is 51.8 Å². The summed E-state index contributed by atoms with van der Waals surface area (Å²) in [7, 11) is 0. The lowest BCUT2D eigenvalue weighted by Gasteiger charge is -1.95. The van der Waals surface area contributed by atoms with E-state index in [-0.39, 0.29) is 0 Å². The largest absolute Gasteiger partial charge is 0.399 e. The molecule has 0 unspecified atom stereocenters. The molecule has 2 aromatic rings. The minimum atomic E-state index is 0.755. The van der Waals surface area contributed by atoms with E-state index in [4.69, 9.17) is 5.73 Å². The highest BCUT2D eigenvalue weighted by molar-refractivity contribution is 7.14. The molecule has 0 bridgehead atoms. The lowest BCUT2D eigenvalue weighted by Crippen LogP contribution is -1.84. The average Bonchev–Trinajstić information content (AvgIpc) is 2.52. The van der Waals surface area contributed by atoms with Crippen LogP contribution in [0.15, 0.2) is 24.3 Å². The number of rotatable bonds is 1. The van der Waals surface area contributed by atoms with Gasteiger partial charge in [-0.2, -0.15) is 0 Å². The Morgan fingerprint density at radius 2 is 2.15 bits per heavy atom. The van der Waals surface area contributed by atoms with Gasteiger partial charge in [0, 0.05) is 11.3 Å². The molecule has 3 nitrogen and oxygen atoms in total. The van der Waals surface area contributed by atoms with E-state index in [2.05, 4.69) is 10.2 Å². The molecule has 0 amide bonds. The molecular weight excluding hydrogens is 182 g/mol. The van der Waals surface area contributed by atoms with Gasteiger partial charge < -0.3 is 5.73 Å². The summed E-state index contributed by atoms with van der Waals surface area (Å²) in [6.07, 6.45) is 0. The molecule has 0 radical (unpaired) electrons. The number of aromatic nitrogens is 2. The average molecular weight is 191 g/mol. The summed E-state index contributed by atoms with van der Waals surface area (Å²) in [6.45, 7) is 1.94. The van der Waals surface area contributed by atoms with E-state index in [0.717, 1.165) is 21.3 Å². The van der Waals surface area contributed by atoms with E-state index in [0.29, 0.717) is 0 Å². The Morgan fingerprint density at radius 3 is 2.77 bits per heavy atom. The second-order valence-corrected chi connectivity index (χ2v) is 3.93. The molecule has 0 fully saturated rings. The second kappa shape index (κ2) is 3.14. The fraction of sp³-hybridized carbons (Fsp3) is 0.111. The summed E-state index contributed by atoms with van der Waals surface area (Å²) in [6, 6.07) is 7.66. The van der Waals surface area contributed by atoms with Gasteiger partial charge in [0.1, 0.15) is 10.0 Å². The fourth-order valence-electron chi connectivity index (χ4n) is 1.08. The van der Waals surface area contributed by atoms with Gasteiger partial charge in [0.2, 0.25) is 0 Å². The summed E-state index contributed by atoms with van der Waals surface area (Å²) in [5.41, 5.74) is 7.45. The molecule has 66 valence electrons. The molecular formula is C9H9N3S. The molecule has 0 aliphatic heterocycles. The van der Waals surface area contributed by atoms with Crippen molar-refractivity contribution >= 4 is 17.0 Å². The van der Waals surface area contributed by atoms with E-state index in [1.807, 2.05) is 31.2 Å². The first-order valence-electron chi connectivity index (χ1n) is 3.92. The van der Waals surface area contributed by atoms with Gasteiger partial charge in [-0.05, 0) is 19.1 Å². The van der Waals surface area contributed by atoms with E-state index in [1.54, 1.807) is 11.3 Å². The van der Waals surface area contributed by atoms with Gasteiger partial charge >= 0.3 is 0 Å². The van der Waals surface area contributed by atoms with E-state index < -0.39 is 0 Å². The fourth-order valence-corrected chi connectivity index (χ4v) is 1.77. The Bertz CT molecular complexity index is 422. The lowest BCUT2D eigenvalue weighted by molar-refractivity contribution is 1.05. The van der Waals surface area contributed by atoms with Gasteiger partial charge in [0.25, 0.3) is 0 Å². The first-order chi connectivity index (χ1) is 6.25. The molecule has 0 aliphatic rings. The molecule has 1 aromatic heterocycles. The van der Waals surface area contributed by atoms with Crippen molar-refractivity contribution < 1.29 is 0 Å². The maximum absolute atomic E-state index is 5.66. The Hall–Kier alpha value is -1.42. The number of nitrogens with zero attached hydrogens (tertiary/aromatic N) is 2. The molecule has 0 aliphatic carbocycles. The number of hydrogen-bond acceptors (Lipinski definition) is 4. The number of benzene rings is 1. The Morgan fingerprint density at radius 1 is 1.31 bits per heavy atom. The lowest BCUT2D eigenvalue weighted by atomic mass is 10.2. The van der Waals surface area contributed by atoms with Crippen LogP contribution in [0, 0.1) is 6.92 Å². The van der Waals surface area contributed by atoms with Crippen LogP contribution in [0.2, 0.25) is 0 Å². The van der Waals surface area contributed by atoms with Crippen LogP contribution in [-0.4, -0.2) is 10.2 Å². The van der Waals surface area contributed by atoms with Gasteiger partial charge in [0.05, 0.1) is 0 Å². The summed E-state index contributed by atoms with van der Waals surface area (Å²) >= 11 is 1.57. The summed E-state index contributed by atoms with van der Waals surface area (Å²) in [5.74, 6) is 0. The van der Waals surface area contributed by atoms with Crippen molar-refractivity contribution in [3.8, 4) is 10.6 Å². The highest BCUT2D eigenvalue weighted by atomic mass is 32.1. The van der Waals surface area contributed by atoms with E-state index >= 15 is 0 Å². The third-order valence-corrected chi connectivity index (χ3v) is 2.55. The van der Waals surface area contributed by atoms with Crippen molar-refractivity contribution in [2.24, 2.45) is 0 Å². The minimum Gasteiger partial charge on any atom is -0.399 e. The van der Waals surface area contributed by atoms with Gasteiger partial charge in [0.15, 0.2) is 0 Å². The smallest absolute Gasteiger partial charge is 0.147 e. The molecule has 4 heteroatoms. The van der Waals surface area contributed by atoms with Crippen LogP contribution in [-0.2, 0) is 0 Å². The monoisotopic (exact) mass is 191 g/mol. The van der Waals surface area contributed by atoms with Crippen LogP contribution in [0.3, 0.4) is 0 Å². The summed E-state index contributed by atoms with van der Waals surface area (Å²) < 4.78 is 0. The molecule has 1 aromatic carbocycles. The van der Waals surface area contributed by atoms with Crippen LogP contribution in [0.1, 0.15) is 5.01 Å². The third-order valence-electron chi connectivity index (χ3n) is 1.66. The summed E-state index contributed by atoms with van der Waals surface area (Å²) in [4.78, 5) is 0. The van der Waals surface area contributed by atoms with Crippen LogP contribution >= 0.6 is 11.3 Å². The zero-order chi connectivity index (χ0) is 9.26. The number of nitrogen functional groups attached to an aromatic ring is 1. The molecule has 13 heavy (non-hydrogen) atoms. The predicted octanol–water partition coefficient (Wildman–Crippen LogP) is 2.10. The molecule has 0 spiro atoms. The van der Waals surface area contributed by atoms with E-state index in [9.17, 15) is 0 Å². The molecule has 0 atom stereocenters. The molecule has 1 heterocycles. The maximum atomic E-state index is 5.66. The number of nitrogens with two attached hydrogens (primary N) is 1. The van der Waals surface area contributed by atoms with Gasteiger partial charge in [-0.1, -0.05) is 23.5 Å². The number of hydrogen-bond donors (Lipinski definition) is 1. The van der Waals surface area contributed by atoms with Crippen molar-refractivity contribution in [2.75, 3.05) is 5.73 Å². The Labute approximate surface area is 80.2 Å². The minimum absolute atomic E-state index is 0.755. The Kier molecular flexibility index (Phi) is 1.98. The normalized spacial score (nSPS) is 10.2. The van der Waals surface area contributed by atoms with Gasteiger partial charge in [-0.3, -0.25) is 0 Å². The maximum Gasteiger partial charge on any atom is 0.147 e. The van der Waals surface area contributed by atoms with Crippen LogP contribution < -0.4 is 5.73 Å².